The Morgan fingerprint density at radius 2 is 1.62 bits per heavy atom. The molecule has 2 heterocycles. The molecular weight excluding hydrogens is 479 g/mol. The van der Waals surface area contributed by atoms with Gasteiger partial charge in [0.1, 0.15) is 11.9 Å². The second kappa shape index (κ2) is 11.9. The minimum atomic E-state index is -0.924. The van der Waals surface area contributed by atoms with Crippen molar-refractivity contribution in [3.63, 3.8) is 0 Å². The summed E-state index contributed by atoms with van der Waals surface area (Å²) in [7, 11) is 0. The zero-order valence-electron chi connectivity index (χ0n) is 20.5. The van der Waals surface area contributed by atoms with Gasteiger partial charge in [0, 0.05) is 24.8 Å². The maximum absolute atomic E-state index is 13.7. The quantitative estimate of drug-likeness (QED) is 0.523. The van der Waals surface area contributed by atoms with Gasteiger partial charge in [0.2, 0.25) is 11.8 Å². The second-order valence-corrected chi connectivity index (χ2v) is 9.46. The predicted octanol–water partition coefficient (Wildman–Crippen LogP) is 3.86. The summed E-state index contributed by atoms with van der Waals surface area (Å²) in [6.45, 7) is 1.01. The van der Waals surface area contributed by atoms with E-state index in [2.05, 4.69) is 10.6 Å². The van der Waals surface area contributed by atoms with Crippen LogP contribution in [0.25, 0.3) is 0 Å². The van der Waals surface area contributed by atoms with E-state index in [0.29, 0.717) is 31.6 Å². The van der Waals surface area contributed by atoms with Crippen molar-refractivity contribution in [3.05, 3.63) is 59.9 Å². The number of amides is 4. The molecule has 0 aliphatic carbocycles. The third kappa shape index (κ3) is 6.63. The second-order valence-electron chi connectivity index (χ2n) is 9.46. The van der Waals surface area contributed by atoms with E-state index >= 15 is 0 Å². The Balaban J connectivity index is 1.34. The number of nitrogens with zero attached hydrogens (tertiary/aromatic N) is 2. The molecule has 2 aromatic rings. The monoisotopic (exact) mass is 510 g/mol. The van der Waals surface area contributed by atoms with Crippen molar-refractivity contribution >= 4 is 35.2 Å². The van der Waals surface area contributed by atoms with Crippen molar-refractivity contribution in [3.8, 4) is 0 Å². The molecule has 196 valence electrons. The van der Waals surface area contributed by atoms with Crippen LogP contribution >= 0.6 is 0 Å². The highest BCUT2D eigenvalue weighted by atomic mass is 19.1. The van der Waals surface area contributed by atoms with Gasteiger partial charge in [0.25, 0.3) is 0 Å². The number of anilines is 2. The molecule has 2 aliphatic heterocycles. The molecule has 2 aliphatic rings. The molecule has 0 saturated carbocycles. The molecule has 4 amide bonds. The van der Waals surface area contributed by atoms with E-state index in [0.717, 1.165) is 24.8 Å². The summed E-state index contributed by atoms with van der Waals surface area (Å²) in [5, 5.41) is 14.3. The summed E-state index contributed by atoms with van der Waals surface area (Å²) in [5.41, 5.74) is 1.27. The van der Waals surface area contributed by atoms with Crippen molar-refractivity contribution in [2.24, 2.45) is 0 Å². The fourth-order valence-electron chi connectivity index (χ4n) is 5.05. The van der Waals surface area contributed by atoms with Gasteiger partial charge in [-0.05, 0) is 61.9 Å². The summed E-state index contributed by atoms with van der Waals surface area (Å²) in [6, 6.07) is 11.1. The molecule has 2 atom stereocenters. The van der Waals surface area contributed by atoms with E-state index in [-0.39, 0.29) is 36.4 Å². The van der Waals surface area contributed by atoms with Crippen molar-refractivity contribution in [2.45, 2.75) is 57.0 Å². The summed E-state index contributed by atoms with van der Waals surface area (Å²) in [4.78, 5) is 53.2. The molecular formula is C27H31FN4O5. The maximum Gasteiger partial charge on any atom is 0.323 e. The number of aliphatic carboxylic acids is 1. The molecule has 0 spiro atoms. The van der Waals surface area contributed by atoms with E-state index in [1.54, 1.807) is 40.1 Å². The first-order valence-corrected chi connectivity index (χ1v) is 12.5. The maximum atomic E-state index is 13.7. The number of carboxylic acids is 1. The summed E-state index contributed by atoms with van der Waals surface area (Å²) < 4.78 is 13.7. The smallest absolute Gasteiger partial charge is 0.323 e. The minimum absolute atomic E-state index is 0.0655. The SMILES string of the molecule is O=C(O)CC1CCCCN1C(=O)[C@@H]1CCCN1C(=O)Cc1ccc(NC(=O)Nc2ccccc2F)cc1. The Morgan fingerprint density at radius 1 is 0.892 bits per heavy atom. The van der Waals surface area contributed by atoms with Crippen LogP contribution < -0.4 is 10.6 Å². The van der Waals surface area contributed by atoms with Crippen molar-refractivity contribution < 1.29 is 28.7 Å². The Kier molecular flexibility index (Phi) is 8.37. The third-order valence-corrected chi connectivity index (χ3v) is 6.87. The molecule has 0 radical (unpaired) electrons. The number of hydrogen-bond acceptors (Lipinski definition) is 4. The fourth-order valence-corrected chi connectivity index (χ4v) is 5.05. The van der Waals surface area contributed by atoms with Gasteiger partial charge in [-0.2, -0.15) is 0 Å². The van der Waals surface area contributed by atoms with Gasteiger partial charge in [0.05, 0.1) is 18.5 Å². The molecule has 37 heavy (non-hydrogen) atoms. The van der Waals surface area contributed by atoms with Crippen molar-refractivity contribution in [2.75, 3.05) is 23.7 Å². The van der Waals surface area contributed by atoms with E-state index in [4.69, 9.17) is 0 Å². The highest BCUT2D eigenvalue weighted by molar-refractivity contribution is 5.99. The molecule has 10 heteroatoms. The van der Waals surface area contributed by atoms with Gasteiger partial charge < -0.3 is 25.5 Å². The van der Waals surface area contributed by atoms with Gasteiger partial charge in [-0.15, -0.1) is 0 Å². The van der Waals surface area contributed by atoms with Crippen LogP contribution in [0.5, 0.6) is 0 Å². The standard InChI is InChI=1S/C27H31FN4O5/c28-21-7-1-2-8-22(21)30-27(37)29-19-12-10-18(11-13-19)16-24(33)32-15-5-9-23(32)26(36)31-14-4-3-6-20(31)17-25(34)35/h1-2,7-8,10-13,20,23H,3-6,9,14-17H2,(H,34,35)(H2,29,30,37)/t20?,23-/m0/s1. The number of carbonyl (C=O) groups excluding carboxylic acids is 3. The number of carbonyl (C=O) groups is 4. The molecule has 0 aromatic heterocycles. The highest BCUT2D eigenvalue weighted by Gasteiger charge is 2.39. The number of halogens is 1. The number of para-hydroxylation sites is 1. The number of rotatable bonds is 7. The van der Waals surface area contributed by atoms with Crippen LogP contribution in [0.4, 0.5) is 20.6 Å². The van der Waals surface area contributed by atoms with E-state index in [1.165, 1.54) is 18.2 Å². The lowest BCUT2D eigenvalue weighted by Crippen LogP contribution is -2.53. The van der Waals surface area contributed by atoms with Crippen LogP contribution in [-0.4, -0.2) is 63.9 Å². The average Bonchev–Trinajstić information content (AvgIpc) is 3.36. The van der Waals surface area contributed by atoms with Gasteiger partial charge in [-0.1, -0.05) is 24.3 Å². The molecule has 2 aromatic carbocycles. The largest absolute Gasteiger partial charge is 0.481 e. The lowest BCUT2D eigenvalue weighted by molar-refractivity contribution is -0.148. The Bertz CT molecular complexity index is 1160. The summed E-state index contributed by atoms with van der Waals surface area (Å²) in [6.07, 6.45) is 3.71. The lowest BCUT2D eigenvalue weighted by atomic mass is 9.98. The van der Waals surface area contributed by atoms with E-state index < -0.39 is 23.9 Å². The summed E-state index contributed by atoms with van der Waals surface area (Å²) in [5.74, 6) is -1.78. The number of benzene rings is 2. The molecule has 0 bridgehead atoms. The Morgan fingerprint density at radius 3 is 2.35 bits per heavy atom. The number of urea groups is 1. The lowest BCUT2D eigenvalue weighted by Gasteiger charge is -2.38. The molecule has 2 saturated heterocycles. The predicted molar refractivity (Wildman–Crippen MR) is 136 cm³/mol. The fraction of sp³-hybridized carbons (Fsp3) is 0.407. The first-order valence-electron chi connectivity index (χ1n) is 12.5. The number of carboxylic acid groups (broad SMARTS) is 1. The Labute approximate surface area is 214 Å². The molecule has 3 N–H and O–H groups in total. The van der Waals surface area contributed by atoms with E-state index in [9.17, 15) is 28.7 Å². The van der Waals surface area contributed by atoms with Crippen LogP contribution in [0, 0.1) is 5.82 Å². The first kappa shape index (κ1) is 26.1. The number of hydrogen-bond donors (Lipinski definition) is 3. The number of nitrogens with one attached hydrogen (secondary N) is 2. The minimum Gasteiger partial charge on any atom is -0.481 e. The van der Waals surface area contributed by atoms with E-state index in [1.807, 2.05) is 0 Å². The van der Waals surface area contributed by atoms with Crippen LogP contribution in [-0.2, 0) is 20.8 Å². The summed E-state index contributed by atoms with van der Waals surface area (Å²) >= 11 is 0. The van der Waals surface area contributed by atoms with Crippen LogP contribution in [0.15, 0.2) is 48.5 Å². The average molecular weight is 511 g/mol. The molecule has 9 nitrogen and oxygen atoms in total. The number of likely N-dealkylation sites (tertiary alicyclic amines) is 2. The van der Waals surface area contributed by atoms with Crippen molar-refractivity contribution in [1.82, 2.24) is 9.80 Å². The van der Waals surface area contributed by atoms with Gasteiger partial charge in [-0.25, -0.2) is 9.18 Å². The zero-order chi connectivity index (χ0) is 26.4. The van der Waals surface area contributed by atoms with Gasteiger partial charge in [-0.3, -0.25) is 14.4 Å². The molecule has 4 rings (SSSR count). The van der Waals surface area contributed by atoms with Gasteiger partial charge in [0.15, 0.2) is 0 Å². The topological polar surface area (TPSA) is 119 Å². The zero-order valence-corrected chi connectivity index (χ0v) is 20.5. The highest BCUT2D eigenvalue weighted by Crippen LogP contribution is 2.26. The molecule has 2 fully saturated rings. The molecule has 1 unspecified atom stereocenters. The van der Waals surface area contributed by atoms with Crippen LogP contribution in [0.2, 0.25) is 0 Å². The van der Waals surface area contributed by atoms with Crippen LogP contribution in [0.3, 0.4) is 0 Å². The third-order valence-electron chi connectivity index (χ3n) is 6.87. The van der Waals surface area contributed by atoms with Gasteiger partial charge >= 0.3 is 12.0 Å². The van der Waals surface area contributed by atoms with Crippen LogP contribution in [0.1, 0.15) is 44.1 Å². The van der Waals surface area contributed by atoms with Crippen molar-refractivity contribution in [1.29, 1.82) is 0 Å². The normalized spacial score (nSPS) is 19.4. The number of piperidine rings is 1. The first-order chi connectivity index (χ1) is 17.8. The Hall–Kier alpha value is -3.95.